The van der Waals surface area contributed by atoms with Crippen LogP contribution in [0.5, 0.6) is 0 Å². The topological polar surface area (TPSA) is 61.8 Å². The standard InChI is InChI=1S/C18H23BrN2O3/c19-12-1-2-15-14(9-12)17-13(16(10-22)20-15)3-6-21(17)18(23)11-4-7-24-8-5-11/h1-2,9,11,13,16-17,20,22H,3-8,10H2/t13-,16-,17-/m1/s1. The fourth-order valence-corrected chi connectivity index (χ4v) is 4.84. The first-order chi connectivity index (χ1) is 11.7. The molecule has 6 heteroatoms. The summed E-state index contributed by atoms with van der Waals surface area (Å²) in [5.41, 5.74) is 2.20. The second-order valence-corrected chi connectivity index (χ2v) is 7.90. The zero-order valence-corrected chi connectivity index (χ0v) is 15.2. The van der Waals surface area contributed by atoms with Gasteiger partial charge in [0.05, 0.1) is 18.7 Å². The molecule has 4 rings (SSSR count). The van der Waals surface area contributed by atoms with Crippen molar-refractivity contribution in [2.45, 2.75) is 31.3 Å². The first-order valence-electron chi connectivity index (χ1n) is 8.74. The van der Waals surface area contributed by atoms with Crippen molar-refractivity contribution < 1.29 is 14.6 Å². The van der Waals surface area contributed by atoms with E-state index in [9.17, 15) is 9.90 Å². The Labute approximate surface area is 150 Å². The second kappa shape index (κ2) is 6.65. The Balaban J connectivity index is 1.67. The lowest BCUT2D eigenvalue weighted by molar-refractivity contribution is -0.140. The number of aliphatic hydroxyl groups excluding tert-OH is 1. The van der Waals surface area contributed by atoms with Gasteiger partial charge in [-0.1, -0.05) is 15.9 Å². The average Bonchev–Trinajstić information content (AvgIpc) is 3.06. The number of halogens is 1. The van der Waals surface area contributed by atoms with E-state index < -0.39 is 0 Å². The fraction of sp³-hybridized carbons (Fsp3) is 0.611. The van der Waals surface area contributed by atoms with Gasteiger partial charge in [-0.05, 0) is 43.0 Å². The molecule has 2 N–H and O–H groups in total. The largest absolute Gasteiger partial charge is 0.394 e. The van der Waals surface area contributed by atoms with E-state index in [0.717, 1.165) is 41.5 Å². The van der Waals surface area contributed by atoms with Crippen LogP contribution in [0.25, 0.3) is 0 Å². The van der Waals surface area contributed by atoms with Crippen molar-refractivity contribution in [1.29, 1.82) is 0 Å². The highest BCUT2D eigenvalue weighted by Crippen LogP contribution is 2.47. The molecule has 1 amide bonds. The van der Waals surface area contributed by atoms with Gasteiger partial charge in [0.2, 0.25) is 5.91 Å². The van der Waals surface area contributed by atoms with E-state index in [1.54, 1.807) is 0 Å². The van der Waals surface area contributed by atoms with Gasteiger partial charge in [0.25, 0.3) is 0 Å². The molecule has 2 saturated heterocycles. The third kappa shape index (κ3) is 2.74. The molecular formula is C18H23BrN2O3. The van der Waals surface area contributed by atoms with Crippen molar-refractivity contribution in [2.24, 2.45) is 11.8 Å². The van der Waals surface area contributed by atoms with Crippen molar-refractivity contribution in [3.63, 3.8) is 0 Å². The maximum atomic E-state index is 13.1. The molecule has 130 valence electrons. The predicted octanol–water partition coefficient (Wildman–Crippen LogP) is 2.55. The molecular weight excluding hydrogens is 372 g/mol. The van der Waals surface area contributed by atoms with Crippen LogP contribution in [0.4, 0.5) is 5.69 Å². The number of hydrogen-bond donors (Lipinski definition) is 2. The summed E-state index contributed by atoms with van der Waals surface area (Å²) in [7, 11) is 0. The number of ether oxygens (including phenoxy) is 1. The highest BCUT2D eigenvalue weighted by atomic mass is 79.9. The quantitative estimate of drug-likeness (QED) is 0.808. The van der Waals surface area contributed by atoms with Crippen molar-refractivity contribution in [1.82, 2.24) is 4.90 Å². The monoisotopic (exact) mass is 394 g/mol. The minimum absolute atomic E-state index is 0.0103. The van der Waals surface area contributed by atoms with E-state index in [4.69, 9.17) is 4.74 Å². The Morgan fingerprint density at radius 3 is 2.88 bits per heavy atom. The van der Waals surface area contributed by atoms with Crippen LogP contribution in [0.2, 0.25) is 0 Å². The van der Waals surface area contributed by atoms with Crippen LogP contribution in [0.3, 0.4) is 0 Å². The van der Waals surface area contributed by atoms with E-state index in [-0.39, 0.29) is 36.4 Å². The maximum Gasteiger partial charge on any atom is 0.226 e. The minimum atomic E-state index is 0.0103. The Bertz CT molecular complexity index is 633. The number of anilines is 1. The zero-order valence-electron chi connectivity index (χ0n) is 13.6. The highest BCUT2D eigenvalue weighted by Gasteiger charge is 2.46. The molecule has 5 nitrogen and oxygen atoms in total. The molecule has 24 heavy (non-hydrogen) atoms. The molecule has 0 aromatic heterocycles. The van der Waals surface area contributed by atoms with E-state index in [1.807, 2.05) is 12.1 Å². The van der Waals surface area contributed by atoms with Gasteiger partial charge >= 0.3 is 0 Å². The van der Waals surface area contributed by atoms with Crippen LogP contribution in [0.1, 0.15) is 30.9 Å². The van der Waals surface area contributed by atoms with Crippen LogP contribution in [0, 0.1) is 11.8 Å². The van der Waals surface area contributed by atoms with E-state index in [2.05, 4.69) is 32.2 Å². The Morgan fingerprint density at radius 2 is 2.12 bits per heavy atom. The summed E-state index contributed by atoms with van der Waals surface area (Å²) in [6, 6.07) is 6.22. The van der Waals surface area contributed by atoms with Crippen LogP contribution < -0.4 is 5.32 Å². The number of carbonyl (C=O) groups is 1. The van der Waals surface area contributed by atoms with E-state index in [0.29, 0.717) is 13.2 Å². The van der Waals surface area contributed by atoms with E-state index >= 15 is 0 Å². The third-order valence-corrected chi connectivity index (χ3v) is 6.18. The molecule has 3 aliphatic heterocycles. The fourth-order valence-electron chi connectivity index (χ4n) is 4.46. The summed E-state index contributed by atoms with van der Waals surface area (Å²) in [4.78, 5) is 15.2. The lowest BCUT2D eigenvalue weighted by atomic mass is 9.83. The molecule has 1 aromatic carbocycles. The number of fused-ring (bicyclic) bond motifs is 3. The van der Waals surface area contributed by atoms with Gasteiger partial charge in [0, 0.05) is 41.8 Å². The van der Waals surface area contributed by atoms with Crippen molar-refractivity contribution in [3.05, 3.63) is 28.2 Å². The average molecular weight is 395 g/mol. The van der Waals surface area contributed by atoms with Gasteiger partial charge in [-0.2, -0.15) is 0 Å². The third-order valence-electron chi connectivity index (χ3n) is 5.68. The van der Waals surface area contributed by atoms with Crippen LogP contribution >= 0.6 is 15.9 Å². The van der Waals surface area contributed by atoms with Gasteiger partial charge in [0.15, 0.2) is 0 Å². The summed E-state index contributed by atoms with van der Waals surface area (Å²) < 4.78 is 6.43. The minimum Gasteiger partial charge on any atom is -0.394 e. The first kappa shape index (κ1) is 16.4. The molecule has 3 atom stereocenters. The summed E-state index contributed by atoms with van der Waals surface area (Å²) in [6.07, 6.45) is 2.57. The first-order valence-corrected chi connectivity index (χ1v) is 9.53. The number of rotatable bonds is 2. The molecule has 0 saturated carbocycles. The van der Waals surface area contributed by atoms with Gasteiger partial charge in [-0.3, -0.25) is 4.79 Å². The summed E-state index contributed by atoms with van der Waals surface area (Å²) in [5, 5.41) is 13.3. The predicted molar refractivity (Wildman–Crippen MR) is 94.7 cm³/mol. The number of nitrogens with zero attached hydrogens (tertiary/aromatic N) is 1. The van der Waals surface area contributed by atoms with E-state index in [1.165, 1.54) is 0 Å². The van der Waals surface area contributed by atoms with Crippen molar-refractivity contribution in [3.8, 4) is 0 Å². The van der Waals surface area contributed by atoms with Crippen LogP contribution in [-0.4, -0.2) is 48.3 Å². The van der Waals surface area contributed by atoms with Gasteiger partial charge in [-0.15, -0.1) is 0 Å². The van der Waals surface area contributed by atoms with Crippen LogP contribution in [-0.2, 0) is 9.53 Å². The van der Waals surface area contributed by atoms with Gasteiger partial charge < -0.3 is 20.1 Å². The molecule has 0 unspecified atom stereocenters. The number of nitrogens with one attached hydrogen (secondary N) is 1. The number of carbonyl (C=O) groups excluding carboxylic acids is 1. The summed E-state index contributed by atoms with van der Waals surface area (Å²) >= 11 is 3.56. The molecule has 0 spiro atoms. The summed E-state index contributed by atoms with van der Waals surface area (Å²) in [6.45, 7) is 2.23. The molecule has 0 radical (unpaired) electrons. The second-order valence-electron chi connectivity index (χ2n) is 6.98. The molecule has 1 aromatic rings. The number of benzene rings is 1. The number of likely N-dealkylation sites (tertiary alicyclic amines) is 1. The van der Waals surface area contributed by atoms with Gasteiger partial charge in [-0.25, -0.2) is 0 Å². The summed E-state index contributed by atoms with van der Waals surface area (Å²) in [5.74, 6) is 0.603. The molecule has 3 heterocycles. The van der Waals surface area contributed by atoms with Crippen molar-refractivity contribution in [2.75, 3.05) is 31.7 Å². The highest BCUT2D eigenvalue weighted by molar-refractivity contribution is 9.10. The Kier molecular flexibility index (Phi) is 4.54. The lowest BCUT2D eigenvalue weighted by Crippen LogP contribution is -2.44. The smallest absolute Gasteiger partial charge is 0.226 e. The molecule has 2 fully saturated rings. The number of aliphatic hydroxyl groups is 1. The van der Waals surface area contributed by atoms with Crippen molar-refractivity contribution >= 4 is 27.5 Å². The number of amides is 1. The van der Waals surface area contributed by atoms with Crippen LogP contribution in [0.15, 0.2) is 22.7 Å². The molecule has 3 aliphatic rings. The maximum absolute atomic E-state index is 13.1. The van der Waals surface area contributed by atoms with Gasteiger partial charge in [0.1, 0.15) is 0 Å². The lowest BCUT2D eigenvalue weighted by Gasteiger charge is -2.40. The Hall–Kier alpha value is -1.11. The normalized spacial score (nSPS) is 29.8. The molecule has 0 bridgehead atoms. The Morgan fingerprint density at radius 1 is 1.33 bits per heavy atom. The molecule has 0 aliphatic carbocycles. The zero-order chi connectivity index (χ0) is 16.7. The SMILES string of the molecule is O=C(C1CCOCC1)N1CC[C@@H]2[C@@H](CO)Nc3ccc(Br)cc3[C@@H]21. The number of hydrogen-bond acceptors (Lipinski definition) is 4.